The molecule has 0 aliphatic carbocycles. The summed E-state index contributed by atoms with van der Waals surface area (Å²) in [5.74, 6) is -0.222. The number of aromatic nitrogens is 3. The summed E-state index contributed by atoms with van der Waals surface area (Å²) in [6, 6.07) is 7.22. The zero-order chi connectivity index (χ0) is 14.0. The SMILES string of the molecule is NC1(C(=O)Nc2ccc(-n3nccn3)cc2)CCOC1. The summed E-state index contributed by atoms with van der Waals surface area (Å²) in [5, 5.41) is 10.9. The predicted octanol–water partition coefficient (Wildman–Crippen LogP) is 0.324. The fourth-order valence-corrected chi connectivity index (χ4v) is 2.04. The van der Waals surface area contributed by atoms with Crippen molar-refractivity contribution in [3.8, 4) is 5.69 Å². The topological polar surface area (TPSA) is 95.1 Å². The highest BCUT2D eigenvalue weighted by atomic mass is 16.5. The number of nitrogens with zero attached hydrogens (tertiary/aromatic N) is 3. The molecule has 1 fully saturated rings. The highest BCUT2D eigenvalue weighted by Gasteiger charge is 2.38. The molecule has 1 atom stereocenters. The third kappa shape index (κ3) is 2.40. The van der Waals surface area contributed by atoms with Crippen LogP contribution in [0.4, 0.5) is 5.69 Å². The zero-order valence-corrected chi connectivity index (χ0v) is 10.8. The van der Waals surface area contributed by atoms with Gasteiger partial charge in [-0.25, -0.2) is 0 Å². The fraction of sp³-hybridized carbons (Fsp3) is 0.308. The Morgan fingerprint density at radius 2 is 2.00 bits per heavy atom. The summed E-state index contributed by atoms with van der Waals surface area (Å²) in [7, 11) is 0. The van der Waals surface area contributed by atoms with Gasteiger partial charge in [-0.05, 0) is 30.7 Å². The van der Waals surface area contributed by atoms with Crippen LogP contribution in [0, 0.1) is 0 Å². The van der Waals surface area contributed by atoms with E-state index in [4.69, 9.17) is 10.5 Å². The van der Waals surface area contributed by atoms with Gasteiger partial charge in [-0.2, -0.15) is 15.0 Å². The number of carbonyl (C=O) groups excluding carboxylic acids is 1. The summed E-state index contributed by atoms with van der Waals surface area (Å²) in [4.78, 5) is 13.6. The van der Waals surface area contributed by atoms with Crippen LogP contribution in [0.15, 0.2) is 36.7 Å². The van der Waals surface area contributed by atoms with Gasteiger partial charge >= 0.3 is 0 Å². The van der Waals surface area contributed by atoms with Gasteiger partial charge in [0, 0.05) is 12.3 Å². The highest BCUT2D eigenvalue weighted by Crippen LogP contribution is 2.19. The number of benzene rings is 1. The van der Waals surface area contributed by atoms with Crippen molar-refractivity contribution >= 4 is 11.6 Å². The van der Waals surface area contributed by atoms with Crippen molar-refractivity contribution in [2.24, 2.45) is 5.73 Å². The summed E-state index contributed by atoms with van der Waals surface area (Å²) in [5.41, 5.74) is 6.57. The highest BCUT2D eigenvalue weighted by molar-refractivity contribution is 5.98. The maximum Gasteiger partial charge on any atom is 0.246 e. The van der Waals surface area contributed by atoms with Crippen molar-refractivity contribution in [1.82, 2.24) is 15.0 Å². The van der Waals surface area contributed by atoms with Crippen molar-refractivity contribution in [2.75, 3.05) is 18.5 Å². The largest absolute Gasteiger partial charge is 0.379 e. The van der Waals surface area contributed by atoms with E-state index < -0.39 is 5.54 Å². The lowest BCUT2D eigenvalue weighted by molar-refractivity contribution is -0.121. The first-order chi connectivity index (χ1) is 9.67. The molecule has 1 aromatic carbocycles. The molecule has 3 rings (SSSR count). The maximum atomic E-state index is 12.1. The molecule has 7 nitrogen and oxygen atoms in total. The van der Waals surface area contributed by atoms with Crippen LogP contribution >= 0.6 is 0 Å². The lowest BCUT2D eigenvalue weighted by atomic mass is 9.99. The Morgan fingerprint density at radius 3 is 2.60 bits per heavy atom. The van der Waals surface area contributed by atoms with E-state index >= 15 is 0 Å². The van der Waals surface area contributed by atoms with Gasteiger partial charge in [0.05, 0.1) is 24.7 Å². The van der Waals surface area contributed by atoms with Crippen LogP contribution in [0.2, 0.25) is 0 Å². The fourth-order valence-electron chi connectivity index (χ4n) is 2.04. The van der Waals surface area contributed by atoms with Crippen LogP contribution in [0.5, 0.6) is 0 Å². The first-order valence-corrected chi connectivity index (χ1v) is 6.32. The average Bonchev–Trinajstić information content (AvgIpc) is 3.11. The van der Waals surface area contributed by atoms with Crippen molar-refractivity contribution in [3.63, 3.8) is 0 Å². The van der Waals surface area contributed by atoms with Crippen molar-refractivity contribution in [1.29, 1.82) is 0 Å². The quantitative estimate of drug-likeness (QED) is 0.840. The number of rotatable bonds is 3. The second kappa shape index (κ2) is 5.03. The van der Waals surface area contributed by atoms with Crippen LogP contribution in [-0.2, 0) is 9.53 Å². The van der Waals surface area contributed by atoms with Crippen LogP contribution in [0.1, 0.15) is 6.42 Å². The summed E-state index contributed by atoms with van der Waals surface area (Å²) < 4.78 is 5.18. The Kier molecular flexibility index (Phi) is 3.21. The van der Waals surface area contributed by atoms with Crippen LogP contribution in [0.3, 0.4) is 0 Å². The smallest absolute Gasteiger partial charge is 0.246 e. The number of amides is 1. The normalized spacial score (nSPS) is 21.9. The Morgan fingerprint density at radius 1 is 1.30 bits per heavy atom. The van der Waals surface area contributed by atoms with Gasteiger partial charge in [0.25, 0.3) is 0 Å². The Hall–Kier alpha value is -2.25. The Labute approximate surface area is 115 Å². The third-order valence-electron chi connectivity index (χ3n) is 3.28. The molecular weight excluding hydrogens is 258 g/mol. The lowest BCUT2D eigenvalue weighted by Gasteiger charge is -2.20. The Balaban J connectivity index is 1.71. The average molecular weight is 273 g/mol. The van der Waals surface area contributed by atoms with Gasteiger partial charge in [0.2, 0.25) is 5.91 Å². The standard InChI is InChI=1S/C13H15N5O2/c14-13(5-8-20-9-13)12(19)17-10-1-3-11(4-2-10)18-15-6-7-16-18/h1-4,6-7H,5,8-9,14H2,(H,17,19). The molecule has 3 N–H and O–H groups in total. The minimum absolute atomic E-state index is 0.222. The molecule has 0 spiro atoms. The van der Waals surface area contributed by atoms with Crippen LogP contribution in [0.25, 0.3) is 5.69 Å². The van der Waals surface area contributed by atoms with Gasteiger partial charge in [0.1, 0.15) is 5.54 Å². The monoisotopic (exact) mass is 273 g/mol. The maximum absolute atomic E-state index is 12.1. The second-order valence-electron chi connectivity index (χ2n) is 4.78. The molecule has 1 unspecified atom stereocenters. The summed E-state index contributed by atoms with van der Waals surface area (Å²) in [6.45, 7) is 0.780. The molecule has 0 saturated carbocycles. The van der Waals surface area contributed by atoms with E-state index in [1.807, 2.05) is 12.1 Å². The van der Waals surface area contributed by atoms with E-state index in [1.165, 1.54) is 4.80 Å². The number of nitrogens with one attached hydrogen (secondary N) is 1. The molecule has 2 heterocycles. The van der Waals surface area contributed by atoms with E-state index in [9.17, 15) is 4.79 Å². The van der Waals surface area contributed by atoms with Crippen LogP contribution in [-0.4, -0.2) is 39.7 Å². The minimum atomic E-state index is -0.928. The van der Waals surface area contributed by atoms with E-state index in [0.29, 0.717) is 18.7 Å². The first-order valence-electron chi connectivity index (χ1n) is 6.32. The number of nitrogens with two attached hydrogens (primary N) is 1. The molecule has 1 saturated heterocycles. The van der Waals surface area contributed by atoms with Crippen molar-refractivity contribution in [3.05, 3.63) is 36.7 Å². The summed E-state index contributed by atoms with van der Waals surface area (Å²) >= 11 is 0. The molecule has 20 heavy (non-hydrogen) atoms. The zero-order valence-electron chi connectivity index (χ0n) is 10.8. The molecule has 2 aromatic rings. The first kappa shape index (κ1) is 12.8. The van der Waals surface area contributed by atoms with E-state index in [2.05, 4.69) is 15.5 Å². The van der Waals surface area contributed by atoms with Gasteiger partial charge in [-0.15, -0.1) is 0 Å². The van der Waals surface area contributed by atoms with Crippen LogP contribution < -0.4 is 11.1 Å². The molecular formula is C13H15N5O2. The summed E-state index contributed by atoms with van der Waals surface area (Å²) in [6.07, 6.45) is 3.75. The molecule has 1 aliphatic rings. The van der Waals surface area contributed by atoms with E-state index in [1.54, 1.807) is 24.5 Å². The molecule has 1 amide bonds. The number of hydrogen-bond acceptors (Lipinski definition) is 5. The second-order valence-corrected chi connectivity index (χ2v) is 4.78. The molecule has 1 aliphatic heterocycles. The third-order valence-corrected chi connectivity index (χ3v) is 3.28. The molecule has 104 valence electrons. The molecule has 0 bridgehead atoms. The van der Waals surface area contributed by atoms with Crippen molar-refractivity contribution in [2.45, 2.75) is 12.0 Å². The molecule has 1 aromatic heterocycles. The number of anilines is 1. The molecule has 7 heteroatoms. The number of carbonyl (C=O) groups is 1. The van der Waals surface area contributed by atoms with Crippen molar-refractivity contribution < 1.29 is 9.53 Å². The van der Waals surface area contributed by atoms with E-state index in [-0.39, 0.29) is 12.5 Å². The van der Waals surface area contributed by atoms with Gasteiger partial charge < -0.3 is 15.8 Å². The minimum Gasteiger partial charge on any atom is -0.379 e. The predicted molar refractivity (Wildman–Crippen MR) is 72.3 cm³/mol. The van der Waals surface area contributed by atoms with E-state index in [0.717, 1.165) is 5.69 Å². The lowest BCUT2D eigenvalue weighted by Crippen LogP contribution is -2.51. The van der Waals surface area contributed by atoms with Gasteiger partial charge in [0.15, 0.2) is 0 Å². The molecule has 0 radical (unpaired) electrons. The number of hydrogen-bond donors (Lipinski definition) is 2. The number of ether oxygens (including phenoxy) is 1. The van der Waals surface area contributed by atoms with Gasteiger partial charge in [-0.1, -0.05) is 0 Å². The Bertz CT molecular complexity index is 588. The van der Waals surface area contributed by atoms with Gasteiger partial charge in [-0.3, -0.25) is 4.79 Å².